The van der Waals surface area contributed by atoms with Crippen molar-refractivity contribution >= 4 is 11.8 Å². The fraction of sp³-hybridized carbons (Fsp3) is 0.778. The zero-order valence-electron chi connectivity index (χ0n) is 7.48. The summed E-state index contributed by atoms with van der Waals surface area (Å²) in [4.78, 5) is 0. The molecule has 0 aliphatic rings. The van der Waals surface area contributed by atoms with Crippen molar-refractivity contribution in [3.05, 3.63) is 12.2 Å². The molecule has 0 radical (unpaired) electrons. The topological polar surface area (TPSA) is 0 Å². The van der Waals surface area contributed by atoms with E-state index in [-0.39, 0.29) is 0 Å². The van der Waals surface area contributed by atoms with Gasteiger partial charge in [-0.15, -0.1) is 0 Å². The van der Waals surface area contributed by atoms with Gasteiger partial charge in [0.05, 0.1) is 0 Å². The molecule has 0 saturated carbocycles. The molecule has 0 nitrogen and oxygen atoms in total. The quantitative estimate of drug-likeness (QED) is 0.565. The van der Waals surface area contributed by atoms with Gasteiger partial charge in [-0.3, -0.25) is 0 Å². The average molecular weight is 158 g/mol. The van der Waals surface area contributed by atoms with Gasteiger partial charge in [0.15, 0.2) is 0 Å². The summed E-state index contributed by atoms with van der Waals surface area (Å²) < 4.78 is 0. The van der Waals surface area contributed by atoms with E-state index in [0.717, 1.165) is 16.9 Å². The van der Waals surface area contributed by atoms with Crippen LogP contribution in [0.1, 0.15) is 27.7 Å². The van der Waals surface area contributed by atoms with E-state index in [4.69, 9.17) is 0 Å². The van der Waals surface area contributed by atoms with E-state index >= 15 is 0 Å². The van der Waals surface area contributed by atoms with Crippen molar-refractivity contribution in [2.75, 3.05) is 5.75 Å². The molecule has 0 N–H and O–H groups in total. The molecule has 1 atom stereocenters. The van der Waals surface area contributed by atoms with E-state index in [9.17, 15) is 0 Å². The van der Waals surface area contributed by atoms with Gasteiger partial charge in [0.2, 0.25) is 0 Å². The van der Waals surface area contributed by atoms with E-state index in [1.807, 2.05) is 11.8 Å². The molecule has 0 fully saturated rings. The number of rotatable bonds is 4. The second-order valence-corrected chi connectivity index (χ2v) is 4.58. The maximum atomic E-state index is 3.87. The molecule has 0 bridgehead atoms. The first-order valence-electron chi connectivity index (χ1n) is 3.80. The van der Waals surface area contributed by atoms with E-state index in [0.29, 0.717) is 0 Å². The normalized spacial score (nSPS) is 13.7. The zero-order chi connectivity index (χ0) is 8.15. The molecule has 0 aromatic rings. The van der Waals surface area contributed by atoms with Gasteiger partial charge in [-0.25, -0.2) is 0 Å². The van der Waals surface area contributed by atoms with Gasteiger partial charge < -0.3 is 0 Å². The summed E-state index contributed by atoms with van der Waals surface area (Å²) >= 11 is 1.99. The van der Waals surface area contributed by atoms with Crippen LogP contribution in [0.3, 0.4) is 0 Å². The second kappa shape index (κ2) is 4.84. The highest BCUT2D eigenvalue weighted by molar-refractivity contribution is 8.00. The Labute approximate surface area is 69.1 Å². The molecule has 0 aromatic heterocycles. The molecule has 0 heterocycles. The van der Waals surface area contributed by atoms with Gasteiger partial charge in [-0.2, -0.15) is 11.8 Å². The lowest BCUT2D eigenvalue weighted by atomic mass is 10.2. The Hall–Kier alpha value is 0.0900. The van der Waals surface area contributed by atoms with Crippen molar-refractivity contribution in [3.8, 4) is 0 Å². The molecule has 10 heavy (non-hydrogen) atoms. The molecular weight excluding hydrogens is 140 g/mol. The van der Waals surface area contributed by atoms with E-state index in [2.05, 4.69) is 34.3 Å². The van der Waals surface area contributed by atoms with Crippen molar-refractivity contribution in [2.45, 2.75) is 32.9 Å². The molecule has 0 saturated heterocycles. The molecule has 0 aromatic carbocycles. The summed E-state index contributed by atoms with van der Waals surface area (Å²) in [7, 11) is 0. The van der Waals surface area contributed by atoms with Crippen LogP contribution in [0.2, 0.25) is 0 Å². The van der Waals surface area contributed by atoms with Crippen LogP contribution in [0.25, 0.3) is 0 Å². The van der Waals surface area contributed by atoms with Gasteiger partial charge in [-0.05, 0) is 12.8 Å². The molecular formula is C9H18S. The van der Waals surface area contributed by atoms with Crippen molar-refractivity contribution in [1.29, 1.82) is 0 Å². The van der Waals surface area contributed by atoms with Gasteiger partial charge in [0.25, 0.3) is 0 Å². The molecule has 0 spiro atoms. The Balaban J connectivity index is 3.39. The first-order valence-corrected chi connectivity index (χ1v) is 4.85. The van der Waals surface area contributed by atoms with E-state index in [1.165, 1.54) is 5.57 Å². The minimum absolute atomic E-state index is 0.761. The molecule has 0 amide bonds. The zero-order valence-corrected chi connectivity index (χ0v) is 8.29. The SMILES string of the molecule is C=C(C)CSC(C)C(C)C. The van der Waals surface area contributed by atoms with Crippen molar-refractivity contribution < 1.29 is 0 Å². The smallest absolute Gasteiger partial charge is 0.0140 e. The Morgan fingerprint density at radius 3 is 2.20 bits per heavy atom. The highest BCUT2D eigenvalue weighted by Crippen LogP contribution is 2.19. The van der Waals surface area contributed by atoms with E-state index in [1.54, 1.807) is 0 Å². The van der Waals surface area contributed by atoms with Crippen LogP contribution in [0.15, 0.2) is 12.2 Å². The summed E-state index contributed by atoms with van der Waals surface area (Å²) in [5, 5.41) is 0.761. The molecule has 0 aliphatic heterocycles. The summed E-state index contributed by atoms with van der Waals surface area (Å²) in [6, 6.07) is 0. The fourth-order valence-corrected chi connectivity index (χ4v) is 1.40. The minimum Gasteiger partial charge on any atom is -0.154 e. The summed E-state index contributed by atoms with van der Waals surface area (Å²) in [5.41, 5.74) is 1.28. The molecule has 0 aliphatic carbocycles. The maximum absolute atomic E-state index is 3.87. The number of thioether (sulfide) groups is 1. The Kier molecular flexibility index (Phi) is 4.88. The highest BCUT2D eigenvalue weighted by Gasteiger charge is 2.05. The number of hydrogen-bond acceptors (Lipinski definition) is 1. The predicted octanol–water partition coefficient (Wildman–Crippen LogP) is 3.34. The minimum atomic E-state index is 0.761. The first kappa shape index (κ1) is 10.1. The van der Waals surface area contributed by atoms with Gasteiger partial charge in [0.1, 0.15) is 0 Å². The third-order valence-corrected chi connectivity index (χ3v) is 3.26. The van der Waals surface area contributed by atoms with Crippen molar-refractivity contribution in [2.24, 2.45) is 5.92 Å². The van der Waals surface area contributed by atoms with Crippen LogP contribution >= 0.6 is 11.8 Å². The van der Waals surface area contributed by atoms with Crippen molar-refractivity contribution in [3.63, 3.8) is 0 Å². The maximum Gasteiger partial charge on any atom is 0.0140 e. The van der Waals surface area contributed by atoms with Crippen LogP contribution in [-0.4, -0.2) is 11.0 Å². The Bertz CT molecular complexity index is 105. The fourth-order valence-electron chi connectivity index (χ4n) is 0.466. The largest absolute Gasteiger partial charge is 0.154 e. The first-order chi connectivity index (χ1) is 4.54. The van der Waals surface area contributed by atoms with E-state index < -0.39 is 0 Å². The summed E-state index contributed by atoms with van der Waals surface area (Å²) in [5.74, 6) is 1.89. The summed E-state index contributed by atoms with van der Waals surface area (Å²) in [6.45, 7) is 12.7. The van der Waals surface area contributed by atoms with Crippen LogP contribution in [0.4, 0.5) is 0 Å². The van der Waals surface area contributed by atoms with Crippen LogP contribution in [-0.2, 0) is 0 Å². The molecule has 1 heteroatoms. The lowest BCUT2D eigenvalue weighted by Crippen LogP contribution is -2.06. The van der Waals surface area contributed by atoms with Gasteiger partial charge in [-0.1, -0.05) is 32.9 Å². The van der Waals surface area contributed by atoms with Crippen LogP contribution in [0, 0.1) is 5.92 Å². The van der Waals surface area contributed by atoms with Crippen LogP contribution in [0.5, 0.6) is 0 Å². The Morgan fingerprint density at radius 2 is 1.90 bits per heavy atom. The Morgan fingerprint density at radius 1 is 1.40 bits per heavy atom. The molecule has 0 rings (SSSR count). The second-order valence-electron chi connectivity index (χ2n) is 3.22. The third kappa shape index (κ3) is 4.92. The summed E-state index contributed by atoms with van der Waals surface area (Å²) in [6.07, 6.45) is 0. The average Bonchev–Trinajstić information content (AvgIpc) is 1.82. The lowest BCUT2D eigenvalue weighted by Gasteiger charge is -2.14. The predicted molar refractivity (Wildman–Crippen MR) is 51.6 cm³/mol. The van der Waals surface area contributed by atoms with Gasteiger partial charge >= 0.3 is 0 Å². The molecule has 60 valence electrons. The molecule has 1 unspecified atom stereocenters. The third-order valence-electron chi connectivity index (χ3n) is 1.53. The van der Waals surface area contributed by atoms with Crippen LogP contribution < -0.4 is 0 Å². The lowest BCUT2D eigenvalue weighted by molar-refractivity contribution is 0.642. The monoisotopic (exact) mass is 158 g/mol. The van der Waals surface area contributed by atoms with Gasteiger partial charge in [0, 0.05) is 11.0 Å². The number of hydrogen-bond donors (Lipinski definition) is 0. The standard InChI is InChI=1S/C9H18S/c1-7(2)6-10-9(5)8(3)4/h8-9H,1,6H2,2-5H3. The highest BCUT2D eigenvalue weighted by atomic mass is 32.2. The van der Waals surface area contributed by atoms with Crippen molar-refractivity contribution in [1.82, 2.24) is 0 Å².